The van der Waals surface area contributed by atoms with Gasteiger partial charge in [-0.05, 0) is 59.8 Å². The number of rotatable bonds is 10. The molecular weight excluding hydrogens is 236 g/mol. The van der Waals surface area contributed by atoms with Crippen molar-refractivity contribution in [3.63, 3.8) is 0 Å². The second-order valence-electron chi connectivity index (χ2n) is 5.22. The zero-order valence-electron chi connectivity index (χ0n) is 12.9. The highest BCUT2D eigenvalue weighted by Gasteiger charge is 1.92. The zero-order chi connectivity index (χ0) is 14.5. The van der Waals surface area contributed by atoms with Gasteiger partial charge in [0.2, 0.25) is 0 Å². The Balaban J connectivity index is 3.80. The van der Waals surface area contributed by atoms with Gasteiger partial charge in [-0.3, -0.25) is 4.79 Å². The first-order valence-corrected chi connectivity index (χ1v) is 7.06. The van der Waals surface area contributed by atoms with Gasteiger partial charge in [0.1, 0.15) is 0 Å². The lowest BCUT2D eigenvalue weighted by Gasteiger charge is -2.01. The maximum Gasteiger partial charge on any atom is 0.293 e. The number of hydrogen-bond donors (Lipinski definition) is 0. The van der Waals surface area contributed by atoms with E-state index >= 15 is 0 Å². The minimum absolute atomic E-state index is 0.485. The van der Waals surface area contributed by atoms with Crippen molar-refractivity contribution in [1.82, 2.24) is 0 Å². The number of hydrogen-bond acceptors (Lipinski definition) is 2. The Kier molecular flexibility index (Phi) is 11.0. The van der Waals surface area contributed by atoms with E-state index in [1.165, 1.54) is 16.7 Å². The van der Waals surface area contributed by atoms with Crippen molar-refractivity contribution in [2.24, 2.45) is 0 Å². The maximum absolute atomic E-state index is 9.97. The maximum atomic E-state index is 9.97. The lowest BCUT2D eigenvalue weighted by molar-refractivity contribution is -0.128. The van der Waals surface area contributed by atoms with E-state index in [1.54, 1.807) is 0 Å². The highest BCUT2D eigenvalue weighted by Crippen LogP contribution is 2.11. The first-order valence-electron chi connectivity index (χ1n) is 7.06. The molecule has 108 valence electrons. The lowest BCUT2D eigenvalue weighted by atomic mass is 10.1. The molecule has 2 nitrogen and oxygen atoms in total. The molecule has 0 heterocycles. The predicted molar refractivity (Wildman–Crippen MR) is 82.0 cm³/mol. The Morgan fingerprint density at radius 3 is 1.89 bits per heavy atom. The summed E-state index contributed by atoms with van der Waals surface area (Å²) in [5.41, 5.74) is 4.22. The second kappa shape index (κ2) is 11.8. The van der Waals surface area contributed by atoms with Crippen molar-refractivity contribution in [3.8, 4) is 0 Å². The quantitative estimate of drug-likeness (QED) is 0.316. The Morgan fingerprint density at radius 2 is 1.37 bits per heavy atom. The summed E-state index contributed by atoms with van der Waals surface area (Å²) < 4.78 is 4.65. The number of ether oxygens (including phenoxy) is 1. The highest BCUT2D eigenvalue weighted by molar-refractivity contribution is 5.36. The average Bonchev–Trinajstić information content (AvgIpc) is 2.34. The third-order valence-corrected chi connectivity index (χ3v) is 2.92. The smallest absolute Gasteiger partial charge is 0.293 e. The fourth-order valence-corrected chi connectivity index (χ4v) is 1.76. The molecule has 0 aromatic rings. The Hall–Kier alpha value is -1.31. The molecule has 0 saturated heterocycles. The van der Waals surface area contributed by atoms with Crippen LogP contribution in [0.4, 0.5) is 0 Å². The fourth-order valence-electron chi connectivity index (χ4n) is 1.76. The monoisotopic (exact) mass is 264 g/mol. The van der Waals surface area contributed by atoms with Crippen molar-refractivity contribution in [1.29, 1.82) is 0 Å². The first kappa shape index (κ1) is 17.7. The summed E-state index contributed by atoms with van der Waals surface area (Å²) in [5.74, 6) is 0. The molecule has 2 heteroatoms. The second-order valence-corrected chi connectivity index (χ2v) is 5.22. The van der Waals surface area contributed by atoms with Crippen LogP contribution in [0.3, 0.4) is 0 Å². The Bertz CT molecular complexity index is 331. The summed E-state index contributed by atoms with van der Waals surface area (Å²) in [4.78, 5) is 9.97. The SMILES string of the molecule is CC(C)=CCC/C(C)=C/CCC(C)=CCCOC=O. The van der Waals surface area contributed by atoms with Crippen molar-refractivity contribution in [2.45, 2.75) is 59.8 Å². The van der Waals surface area contributed by atoms with E-state index in [0.29, 0.717) is 13.1 Å². The normalized spacial score (nSPS) is 12.2. The summed E-state index contributed by atoms with van der Waals surface area (Å²) in [7, 11) is 0. The molecule has 19 heavy (non-hydrogen) atoms. The number of carbonyl (C=O) groups excluding carboxylic acids is 1. The van der Waals surface area contributed by atoms with Crippen molar-refractivity contribution >= 4 is 6.47 Å². The van der Waals surface area contributed by atoms with E-state index in [0.717, 1.165) is 32.1 Å². The lowest BCUT2D eigenvalue weighted by Crippen LogP contribution is -1.89. The molecule has 0 aliphatic rings. The summed E-state index contributed by atoms with van der Waals surface area (Å²) in [6.45, 7) is 9.60. The van der Waals surface area contributed by atoms with Crippen LogP contribution in [0, 0.1) is 0 Å². The van der Waals surface area contributed by atoms with Crippen LogP contribution < -0.4 is 0 Å². The van der Waals surface area contributed by atoms with Crippen LogP contribution in [-0.2, 0) is 9.53 Å². The van der Waals surface area contributed by atoms with Gasteiger partial charge in [-0.15, -0.1) is 0 Å². The molecule has 0 spiro atoms. The van der Waals surface area contributed by atoms with Gasteiger partial charge in [0, 0.05) is 0 Å². The number of carbonyl (C=O) groups is 1. The van der Waals surface area contributed by atoms with E-state index < -0.39 is 0 Å². The number of allylic oxidation sites excluding steroid dienone is 5. The van der Waals surface area contributed by atoms with E-state index in [9.17, 15) is 4.79 Å². The molecule has 0 fully saturated rings. The molecule has 0 amide bonds. The van der Waals surface area contributed by atoms with Crippen molar-refractivity contribution in [3.05, 3.63) is 34.9 Å². The van der Waals surface area contributed by atoms with Gasteiger partial charge in [0.15, 0.2) is 0 Å². The predicted octanol–water partition coefficient (Wildman–Crippen LogP) is 4.97. The summed E-state index contributed by atoms with van der Waals surface area (Å²) >= 11 is 0. The molecule has 0 saturated carbocycles. The Labute approximate surface area is 118 Å². The molecule has 0 atom stereocenters. The standard InChI is InChI=1S/C17H28O2/c1-15(2)8-5-9-16(3)10-6-11-17(4)12-7-13-19-14-18/h8,10,12,14H,5-7,9,11,13H2,1-4H3/b16-10+,17-12?. The van der Waals surface area contributed by atoms with Crippen LogP contribution in [0.25, 0.3) is 0 Å². The molecule has 0 aliphatic heterocycles. The summed E-state index contributed by atoms with van der Waals surface area (Å²) in [6.07, 6.45) is 12.1. The van der Waals surface area contributed by atoms with Gasteiger partial charge in [0.25, 0.3) is 6.47 Å². The van der Waals surface area contributed by atoms with Crippen molar-refractivity contribution in [2.75, 3.05) is 6.61 Å². The molecular formula is C17H28O2. The van der Waals surface area contributed by atoms with Crippen molar-refractivity contribution < 1.29 is 9.53 Å². The topological polar surface area (TPSA) is 26.3 Å². The molecule has 0 bridgehead atoms. The fraction of sp³-hybridized carbons (Fsp3) is 0.588. The minimum atomic E-state index is 0.485. The van der Waals surface area contributed by atoms with Gasteiger partial charge in [-0.2, -0.15) is 0 Å². The molecule has 0 aliphatic carbocycles. The summed E-state index contributed by atoms with van der Waals surface area (Å²) in [5, 5.41) is 0. The van der Waals surface area contributed by atoms with Crippen LogP contribution in [0.15, 0.2) is 34.9 Å². The molecule has 0 unspecified atom stereocenters. The first-order chi connectivity index (χ1) is 9.06. The van der Waals surface area contributed by atoms with Crippen LogP contribution in [0.2, 0.25) is 0 Å². The van der Waals surface area contributed by atoms with Crippen LogP contribution >= 0.6 is 0 Å². The van der Waals surface area contributed by atoms with Gasteiger partial charge >= 0.3 is 0 Å². The highest BCUT2D eigenvalue weighted by atomic mass is 16.5. The molecule has 0 N–H and O–H groups in total. The molecule has 0 rings (SSSR count). The van der Waals surface area contributed by atoms with E-state index in [-0.39, 0.29) is 0 Å². The molecule has 0 radical (unpaired) electrons. The van der Waals surface area contributed by atoms with Gasteiger partial charge in [0.05, 0.1) is 6.61 Å². The van der Waals surface area contributed by atoms with E-state index in [4.69, 9.17) is 0 Å². The van der Waals surface area contributed by atoms with Crippen LogP contribution in [0.1, 0.15) is 59.8 Å². The third-order valence-electron chi connectivity index (χ3n) is 2.92. The van der Waals surface area contributed by atoms with Gasteiger partial charge in [-0.1, -0.05) is 34.9 Å². The largest absolute Gasteiger partial charge is 0.468 e. The zero-order valence-corrected chi connectivity index (χ0v) is 12.9. The Morgan fingerprint density at radius 1 is 0.842 bits per heavy atom. The summed E-state index contributed by atoms with van der Waals surface area (Å²) in [6, 6.07) is 0. The molecule has 0 aromatic heterocycles. The van der Waals surface area contributed by atoms with Gasteiger partial charge in [-0.25, -0.2) is 0 Å². The van der Waals surface area contributed by atoms with E-state index in [2.05, 4.69) is 50.7 Å². The average molecular weight is 264 g/mol. The van der Waals surface area contributed by atoms with E-state index in [1.807, 2.05) is 0 Å². The molecule has 0 aromatic carbocycles. The van der Waals surface area contributed by atoms with Crippen LogP contribution in [-0.4, -0.2) is 13.1 Å². The van der Waals surface area contributed by atoms with Crippen LogP contribution in [0.5, 0.6) is 0 Å². The van der Waals surface area contributed by atoms with Gasteiger partial charge < -0.3 is 4.74 Å². The third kappa shape index (κ3) is 12.9. The minimum Gasteiger partial charge on any atom is -0.468 e.